The average Bonchev–Trinajstić information content (AvgIpc) is 2.77. The first-order chi connectivity index (χ1) is 11.5. The molecule has 1 fully saturated rings. The smallest absolute Gasteiger partial charge is 0.283 e. The van der Waals surface area contributed by atoms with Gasteiger partial charge in [-0.05, 0) is 18.9 Å². The maximum Gasteiger partial charge on any atom is 0.283 e. The molecule has 2 amide bonds. The minimum atomic E-state index is -0.638. The van der Waals surface area contributed by atoms with Gasteiger partial charge in [0.25, 0.3) is 17.5 Å². The molecule has 0 radical (unpaired) electrons. The molecule has 1 aromatic carbocycles. The van der Waals surface area contributed by atoms with Crippen LogP contribution in [0.1, 0.15) is 25.7 Å². The van der Waals surface area contributed by atoms with Gasteiger partial charge in [-0.25, -0.2) is 4.90 Å². The van der Waals surface area contributed by atoms with E-state index in [0.29, 0.717) is 13.1 Å². The quantitative estimate of drug-likeness (QED) is 0.476. The Balaban J connectivity index is 1.93. The summed E-state index contributed by atoms with van der Waals surface area (Å²) in [5.41, 5.74) is 0.171. The van der Waals surface area contributed by atoms with Crippen LogP contribution >= 0.6 is 11.6 Å². The second-order valence-electron chi connectivity index (χ2n) is 5.79. The number of likely N-dealkylation sites (tertiary alicyclic amines) is 1. The van der Waals surface area contributed by atoms with Gasteiger partial charge in [-0.15, -0.1) is 0 Å². The van der Waals surface area contributed by atoms with Gasteiger partial charge < -0.3 is 4.90 Å². The van der Waals surface area contributed by atoms with Crippen LogP contribution < -0.4 is 4.90 Å². The van der Waals surface area contributed by atoms with E-state index < -0.39 is 16.7 Å². The number of benzene rings is 1. The van der Waals surface area contributed by atoms with Crippen molar-refractivity contribution in [3.63, 3.8) is 0 Å². The van der Waals surface area contributed by atoms with E-state index in [1.54, 1.807) is 0 Å². The molecular formula is C16H16ClN3O4. The molecule has 24 heavy (non-hydrogen) atoms. The molecule has 0 spiro atoms. The summed E-state index contributed by atoms with van der Waals surface area (Å²) in [4.78, 5) is 38.3. The lowest BCUT2D eigenvalue weighted by Crippen LogP contribution is -2.35. The van der Waals surface area contributed by atoms with Crippen LogP contribution in [0.4, 0.5) is 11.4 Å². The standard InChI is InChI=1S/C16H16ClN3O4/c17-13-14(18-8-3-1-2-4-9-18)16(22)19(15(13)21)11-6-5-7-12(10-11)20(23)24/h5-7,10H,1-4,8-9H2. The Morgan fingerprint density at radius 2 is 1.71 bits per heavy atom. The number of nitro benzene ring substituents is 1. The van der Waals surface area contributed by atoms with Crippen LogP contribution in [0.15, 0.2) is 35.0 Å². The van der Waals surface area contributed by atoms with Crippen molar-refractivity contribution in [1.82, 2.24) is 4.90 Å². The number of nitrogens with zero attached hydrogens (tertiary/aromatic N) is 3. The van der Waals surface area contributed by atoms with Crippen molar-refractivity contribution >= 4 is 34.8 Å². The molecule has 126 valence electrons. The second-order valence-corrected chi connectivity index (χ2v) is 6.16. The van der Waals surface area contributed by atoms with E-state index in [9.17, 15) is 19.7 Å². The van der Waals surface area contributed by atoms with Crippen molar-refractivity contribution in [3.8, 4) is 0 Å². The van der Waals surface area contributed by atoms with Crippen molar-refractivity contribution < 1.29 is 14.5 Å². The summed E-state index contributed by atoms with van der Waals surface area (Å²) >= 11 is 6.15. The summed E-state index contributed by atoms with van der Waals surface area (Å²) in [6.07, 6.45) is 4.04. The lowest BCUT2D eigenvalue weighted by molar-refractivity contribution is -0.384. The van der Waals surface area contributed by atoms with Gasteiger partial charge in [0.2, 0.25) is 0 Å². The number of rotatable bonds is 3. The fraction of sp³-hybridized carbons (Fsp3) is 0.375. The number of amides is 2. The third kappa shape index (κ3) is 2.87. The van der Waals surface area contributed by atoms with Gasteiger partial charge in [0, 0.05) is 25.2 Å². The van der Waals surface area contributed by atoms with Gasteiger partial charge in [0.15, 0.2) is 0 Å². The number of halogens is 1. The Morgan fingerprint density at radius 3 is 2.33 bits per heavy atom. The topological polar surface area (TPSA) is 83.8 Å². The van der Waals surface area contributed by atoms with Gasteiger partial charge in [-0.1, -0.05) is 30.5 Å². The lowest BCUT2D eigenvalue weighted by Gasteiger charge is -2.23. The number of carbonyl (C=O) groups is 2. The maximum absolute atomic E-state index is 12.8. The zero-order valence-electron chi connectivity index (χ0n) is 12.9. The first-order valence-corrected chi connectivity index (χ1v) is 8.16. The summed E-state index contributed by atoms with van der Waals surface area (Å²) in [7, 11) is 0. The number of hydrogen-bond acceptors (Lipinski definition) is 5. The molecule has 2 heterocycles. The normalized spacial score (nSPS) is 19.0. The second kappa shape index (κ2) is 6.60. The van der Waals surface area contributed by atoms with Gasteiger partial charge in [-0.3, -0.25) is 19.7 Å². The van der Waals surface area contributed by atoms with Crippen molar-refractivity contribution in [2.45, 2.75) is 25.7 Å². The highest BCUT2D eigenvalue weighted by Gasteiger charge is 2.41. The largest absolute Gasteiger partial charge is 0.366 e. The molecule has 0 N–H and O–H groups in total. The molecule has 0 bridgehead atoms. The summed E-state index contributed by atoms with van der Waals surface area (Å²) < 4.78 is 0. The molecule has 0 aliphatic carbocycles. The Kier molecular flexibility index (Phi) is 4.53. The molecular weight excluding hydrogens is 334 g/mol. The molecule has 0 atom stereocenters. The van der Waals surface area contributed by atoms with Crippen LogP contribution in [-0.2, 0) is 9.59 Å². The minimum Gasteiger partial charge on any atom is -0.366 e. The van der Waals surface area contributed by atoms with E-state index >= 15 is 0 Å². The van der Waals surface area contributed by atoms with E-state index in [4.69, 9.17) is 11.6 Å². The fourth-order valence-electron chi connectivity index (χ4n) is 3.04. The molecule has 8 heteroatoms. The highest BCUT2D eigenvalue weighted by atomic mass is 35.5. The fourth-order valence-corrected chi connectivity index (χ4v) is 3.32. The molecule has 2 aliphatic rings. The molecule has 0 saturated carbocycles. The van der Waals surface area contributed by atoms with Gasteiger partial charge in [-0.2, -0.15) is 0 Å². The van der Waals surface area contributed by atoms with Crippen molar-refractivity contribution in [1.29, 1.82) is 0 Å². The Morgan fingerprint density at radius 1 is 1.04 bits per heavy atom. The first-order valence-electron chi connectivity index (χ1n) is 7.78. The minimum absolute atomic E-state index is 0.117. The van der Waals surface area contributed by atoms with Crippen LogP contribution in [0.2, 0.25) is 0 Å². The van der Waals surface area contributed by atoms with Gasteiger partial charge >= 0.3 is 0 Å². The van der Waals surface area contributed by atoms with Crippen LogP contribution in [0.3, 0.4) is 0 Å². The Hall–Kier alpha value is -2.41. The summed E-state index contributed by atoms with van der Waals surface area (Å²) in [6.45, 7) is 1.35. The molecule has 3 rings (SSSR count). The zero-order chi connectivity index (χ0) is 17.3. The molecule has 1 aromatic rings. The number of non-ortho nitro benzene ring substituents is 1. The summed E-state index contributed by atoms with van der Waals surface area (Å²) in [5, 5.41) is 10.8. The number of nitro groups is 1. The van der Waals surface area contributed by atoms with Crippen LogP contribution in [0, 0.1) is 10.1 Å². The maximum atomic E-state index is 12.8. The van der Waals surface area contributed by atoms with Gasteiger partial charge in [0.05, 0.1) is 10.6 Å². The van der Waals surface area contributed by atoms with E-state index in [-0.39, 0.29) is 22.1 Å². The highest BCUT2D eigenvalue weighted by molar-refractivity contribution is 6.52. The Bertz CT molecular complexity index is 739. The van der Waals surface area contributed by atoms with E-state index in [0.717, 1.165) is 30.6 Å². The van der Waals surface area contributed by atoms with Crippen molar-refractivity contribution in [2.24, 2.45) is 0 Å². The predicted molar refractivity (Wildman–Crippen MR) is 88.5 cm³/mol. The van der Waals surface area contributed by atoms with Crippen LogP contribution in [-0.4, -0.2) is 34.7 Å². The average molecular weight is 350 g/mol. The molecule has 7 nitrogen and oxygen atoms in total. The van der Waals surface area contributed by atoms with Crippen LogP contribution in [0.5, 0.6) is 0 Å². The zero-order valence-corrected chi connectivity index (χ0v) is 13.7. The SMILES string of the molecule is O=C1C(Cl)=C(N2CCCCCC2)C(=O)N1c1cccc([N+](=O)[O-])c1. The number of imide groups is 1. The Labute approximate surface area is 143 Å². The first kappa shape index (κ1) is 16.4. The van der Waals surface area contributed by atoms with E-state index in [1.807, 2.05) is 4.90 Å². The van der Waals surface area contributed by atoms with Crippen molar-refractivity contribution in [2.75, 3.05) is 18.0 Å². The van der Waals surface area contributed by atoms with Crippen molar-refractivity contribution in [3.05, 3.63) is 45.1 Å². The molecule has 1 saturated heterocycles. The molecule has 0 aromatic heterocycles. The van der Waals surface area contributed by atoms with E-state index in [1.165, 1.54) is 24.3 Å². The third-order valence-corrected chi connectivity index (χ3v) is 4.57. The van der Waals surface area contributed by atoms with Gasteiger partial charge in [0.1, 0.15) is 10.7 Å². The number of hydrogen-bond donors (Lipinski definition) is 0. The number of carbonyl (C=O) groups excluding carboxylic acids is 2. The number of anilines is 1. The lowest BCUT2D eigenvalue weighted by atomic mass is 10.2. The predicted octanol–water partition coefficient (Wildman–Crippen LogP) is 2.79. The molecule has 0 unspecified atom stereocenters. The summed E-state index contributed by atoms with van der Waals surface area (Å²) in [6, 6.07) is 5.43. The highest BCUT2D eigenvalue weighted by Crippen LogP contribution is 2.33. The summed E-state index contributed by atoms with van der Waals surface area (Å²) in [5.74, 6) is -1.16. The monoisotopic (exact) mass is 349 g/mol. The van der Waals surface area contributed by atoms with Crippen LogP contribution in [0.25, 0.3) is 0 Å². The van der Waals surface area contributed by atoms with E-state index in [2.05, 4.69) is 0 Å². The third-order valence-electron chi connectivity index (χ3n) is 4.23. The molecule has 2 aliphatic heterocycles.